The molecule has 5 nitrogen and oxygen atoms in total. The molecular formula is C16H26N2O3. The Morgan fingerprint density at radius 1 is 1.24 bits per heavy atom. The standard InChI is InChI=1S/C16H26N2O3/c1-11(10-17-15(20)21-16(3,4)5)18-12(2)13-6-8-14(19)9-7-13/h6-9,11-12,18-19H,10H2,1-5H3,(H,17,20). The van der Waals surface area contributed by atoms with Gasteiger partial charge >= 0.3 is 6.09 Å². The molecule has 0 bridgehead atoms. The minimum atomic E-state index is -0.486. The van der Waals surface area contributed by atoms with E-state index in [1.165, 1.54) is 0 Å². The van der Waals surface area contributed by atoms with E-state index in [2.05, 4.69) is 10.6 Å². The van der Waals surface area contributed by atoms with Crippen molar-refractivity contribution in [2.24, 2.45) is 0 Å². The van der Waals surface area contributed by atoms with Gasteiger partial charge in [0.25, 0.3) is 0 Å². The van der Waals surface area contributed by atoms with Crippen LogP contribution in [-0.2, 0) is 4.74 Å². The van der Waals surface area contributed by atoms with Crippen LogP contribution in [0, 0.1) is 0 Å². The summed E-state index contributed by atoms with van der Waals surface area (Å²) in [5, 5.41) is 15.4. The molecule has 2 unspecified atom stereocenters. The highest BCUT2D eigenvalue weighted by molar-refractivity contribution is 5.67. The first-order valence-electron chi connectivity index (χ1n) is 7.19. The van der Waals surface area contributed by atoms with Crippen molar-refractivity contribution in [2.75, 3.05) is 6.54 Å². The van der Waals surface area contributed by atoms with E-state index in [0.717, 1.165) is 5.56 Å². The fraction of sp³-hybridized carbons (Fsp3) is 0.562. The Morgan fingerprint density at radius 3 is 2.33 bits per heavy atom. The summed E-state index contributed by atoms with van der Waals surface area (Å²) in [7, 11) is 0. The number of ether oxygens (including phenoxy) is 1. The number of benzene rings is 1. The first kappa shape index (κ1) is 17.3. The third-order valence-corrected chi connectivity index (χ3v) is 2.88. The predicted molar refractivity (Wildman–Crippen MR) is 83.4 cm³/mol. The van der Waals surface area contributed by atoms with Gasteiger partial charge in [-0.25, -0.2) is 4.79 Å². The van der Waals surface area contributed by atoms with Gasteiger partial charge in [0.1, 0.15) is 11.4 Å². The van der Waals surface area contributed by atoms with Gasteiger partial charge in [-0.15, -0.1) is 0 Å². The molecule has 0 aromatic heterocycles. The van der Waals surface area contributed by atoms with Crippen molar-refractivity contribution in [1.29, 1.82) is 0 Å². The van der Waals surface area contributed by atoms with Crippen molar-refractivity contribution in [3.8, 4) is 5.75 Å². The molecule has 0 aliphatic heterocycles. The smallest absolute Gasteiger partial charge is 0.407 e. The number of alkyl carbamates (subject to hydrolysis) is 1. The second-order valence-electron chi connectivity index (χ2n) is 6.26. The van der Waals surface area contributed by atoms with Gasteiger partial charge < -0.3 is 20.5 Å². The van der Waals surface area contributed by atoms with Gasteiger partial charge in [0, 0.05) is 18.6 Å². The van der Waals surface area contributed by atoms with E-state index in [1.54, 1.807) is 12.1 Å². The molecule has 0 saturated carbocycles. The van der Waals surface area contributed by atoms with E-state index in [9.17, 15) is 9.90 Å². The number of rotatable bonds is 5. The molecule has 5 heteroatoms. The maximum absolute atomic E-state index is 11.6. The van der Waals surface area contributed by atoms with Crippen LogP contribution >= 0.6 is 0 Å². The molecule has 0 fully saturated rings. The molecule has 0 radical (unpaired) electrons. The van der Waals surface area contributed by atoms with E-state index in [-0.39, 0.29) is 17.8 Å². The largest absolute Gasteiger partial charge is 0.508 e. The minimum absolute atomic E-state index is 0.0984. The number of carbonyl (C=O) groups is 1. The second-order valence-corrected chi connectivity index (χ2v) is 6.26. The first-order chi connectivity index (χ1) is 9.67. The Hall–Kier alpha value is -1.75. The van der Waals surface area contributed by atoms with Crippen molar-refractivity contribution < 1.29 is 14.6 Å². The summed E-state index contributed by atoms with van der Waals surface area (Å²) in [6.07, 6.45) is -0.409. The monoisotopic (exact) mass is 294 g/mol. The molecule has 3 N–H and O–H groups in total. The van der Waals surface area contributed by atoms with Crippen molar-refractivity contribution in [2.45, 2.75) is 52.3 Å². The lowest BCUT2D eigenvalue weighted by atomic mass is 10.1. The molecule has 118 valence electrons. The normalized spacial score (nSPS) is 14.3. The van der Waals surface area contributed by atoms with Crippen LogP contribution in [0.2, 0.25) is 0 Å². The zero-order valence-corrected chi connectivity index (χ0v) is 13.4. The van der Waals surface area contributed by atoms with Gasteiger partial charge in [-0.3, -0.25) is 0 Å². The number of phenolic OH excluding ortho intramolecular Hbond substituents is 1. The van der Waals surface area contributed by atoms with Crippen LogP contribution in [0.15, 0.2) is 24.3 Å². The molecule has 0 spiro atoms. The first-order valence-corrected chi connectivity index (χ1v) is 7.19. The number of aromatic hydroxyl groups is 1. The average molecular weight is 294 g/mol. The van der Waals surface area contributed by atoms with Gasteiger partial charge in [0.05, 0.1) is 0 Å². The van der Waals surface area contributed by atoms with Crippen LogP contribution in [-0.4, -0.2) is 29.4 Å². The summed E-state index contributed by atoms with van der Waals surface area (Å²) >= 11 is 0. The Morgan fingerprint density at radius 2 is 1.81 bits per heavy atom. The number of amides is 1. The highest BCUT2D eigenvalue weighted by Gasteiger charge is 2.17. The number of nitrogens with one attached hydrogen (secondary N) is 2. The van der Waals surface area contributed by atoms with E-state index in [0.29, 0.717) is 6.54 Å². The van der Waals surface area contributed by atoms with Crippen molar-refractivity contribution in [1.82, 2.24) is 10.6 Å². The third kappa shape index (κ3) is 6.99. The van der Waals surface area contributed by atoms with E-state index in [1.807, 2.05) is 46.8 Å². The average Bonchev–Trinajstić information content (AvgIpc) is 2.35. The molecule has 0 heterocycles. The fourth-order valence-corrected chi connectivity index (χ4v) is 1.90. The minimum Gasteiger partial charge on any atom is -0.508 e. The Balaban J connectivity index is 2.38. The van der Waals surface area contributed by atoms with Crippen molar-refractivity contribution >= 4 is 6.09 Å². The number of phenols is 1. The Bertz CT molecular complexity index is 452. The summed E-state index contributed by atoms with van der Waals surface area (Å²) < 4.78 is 5.19. The highest BCUT2D eigenvalue weighted by Crippen LogP contribution is 2.16. The second kappa shape index (κ2) is 7.31. The van der Waals surface area contributed by atoms with Crippen LogP contribution in [0.3, 0.4) is 0 Å². The lowest BCUT2D eigenvalue weighted by molar-refractivity contribution is 0.0522. The van der Waals surface area contributed by atoms with Crippen LogP contribution in [0.5, 0.6) is 5.75 Å². The zero-order chi connectivity index (χ0) is 16.0. The maximum Gasteiger partial charge on any atom is 0.407 e. The van der Waals surface area contributed by atoms with E-state index in [4.69, 9.17) is 4.74 Å². The lowest BCUT2D eigenvalue weighted by Crippen LogP contribution is -2.41. The third-order valence-electron chi connectivity index (χ3n) is 2.88. The summed E-state index contributed by atoms with van der Waals surface area (Å²) in [6.45, 7) is 10.0. The molecule has 1 aromatic carbocycles. The number of hydrogen-bond acceptors (Lipinski definition) is 4. The Kier molecular flexibility index (Phi) is 6.03. The summed E-state index contributed by atoms with van der Waals surface area (Å²) in [5.74, 6) is 0.255. The highest BCUT2D eigenvalue weighted by atomic mass is 16.6. The van der Waals surface area contributed by atoms with Gasteiger partial charge in [0.2, 0.25) is 0 Å². The maximum atomic E-state index is 11.6. The van der Waals surface area contributed by atoms with E-state index >= 15 is 0 Å². The molecule has 0 aliphatic rings. The number of hydrogen-bond donors (Lipinski definition) is 3. The van der Waals surface area contributed by atoms with Gasteiger partial charge in [-0.1, -0.05) is 12.1 Å². The molecule has 0 aliphatic carbocycles. The van der Waals surface area contributed by atoms with Gasteiger partial charge in [-0.2, -0.15) is 0 Å². The van der Waals surface area contributed by atoms with Crippen molar-refractivity contribution in [3.63, 3.8) is 0 Å². The molecule has 2 atom stereocenters. The summed E-state index contributed by atoms with van der Waals surface area (Å²) in [5.41, 5.74) is 0.594. The molecule has 1 aromatic rings. The zero-order valence-electron chi connectivity index (χ0n) is 13.4. The fourth-order valence-electron chi connectivity index (χ4n) is 1.90. The van der Waals surface area contributed by atoms with Crippen molar-refractivity contribution in [3.05, 3.63) is 29.8 Å². The van der Waals surface area contributed by atoms with Crippen LogP contribution in [0.4, 0.5) is 4.79 Å². The van der Waals surface area contributed by atoms with Crippen LogP contribution in [0.25, 0.3) is 0 Å². The molecule has 21 heavy (non-hydrogen) atoms. The molecule has 1 amide bonds. The lowest BCUT2D eigenvalue weighted by Gasteiger charge is -2.23. The summed E-state index contributed by atoms with van der Waals surface area (Å²) in [6, 6.07) is 7.30. The Labute approximate surface area is 126 Å². The topological polar surface area (TPSA) is 70.6 Å². The quantitative estimate of drug-likeness (QED) is 0.781. The van der Waals surface area contributed by atoms with Crippen LogP contribution < -0.4 is 10.6 Å². The van der Waals surface area contributed by atoms with Crippen LogP contribution in [0.1, 0.15) is 46.2 Å². The van der Waals surface area contributed by atoms with Gasteiger partial charge in [-0.05, 0) is 52.3 Å². The van der Waals surface area contributed by atoms with E-state index < -0.39 is 11.7 Å². The van der Waals surface area contributed by atoms with Gasteiger partial charge in [0.15, 0.2) is 0 Å². The molecule has 0 saturated heterocycles. The number of carbonyl (C=O) groups excluding carboxylic acids is 1. The predicted octanol–water partition coefficient (Wildman–Crippen LogP) is 2.96. The summed E-state index contributed by atoms with van der Waals surface area (Å²) in [4.78, 5) is 11.6. The SMILES string of the molecule is CC(CNC(=O)OC(C)(C)C)NC(C)c1ccc(O)cc1. The molecule has 1 rings (SSSR count). The molecular weight excluding hydrogens is 268 g/mol.